The van der Waals surface area contributed by atoms with Crippen LogP contribution < -0.4 is 9.73 Å². The summed E-state index contributed by atoms with van der Waals surface area (Å²) in [4.78, 5) is 12.9. The lowest BCUT2D eigenvalue weighted by Crippen LogP contribution is -2.40. The molecule has 6 nitrogen and oxygen atoms in total. The Balaban J connectivity index is 1.91. The number of hydrazone groups is 1. The Morgan fingerprint density at radius 3 is 2.41 bits per heavy atom. The second kappa shape index (κ2) is 10.3. The summed E-state index contributed by atoms with van der Waals surface area (Å²) in [5.74, 6) is -0.532. The summed E-state index contributed by atoms with van der Waals surface area (Å²) in [6.45, 7) is 5.09. The van der Waals surface area contributed by atoms with Crippen molar-refractivity contribution < 1.29 is 13.2 Å². The maximum absolute atomic E-state index is 13.4. The van der Waals surface area contributed by atoms with E-state index in [0.717, 1.165) is 24.6 Å². The van der Waals surface area contributed by atoms with Gasteiger partial charge in [-0.05, 0) is 90.4 Å². The van der Waals surface area contributed by atoms with Gasteiger partial charge in [0.25, 0.3) is 15.9 Å². The van der Waals surface area contributed by atoms with Crippen LogP contribution >= 0.6 is 22.6 Å². The average molecular weight is 561 g/mol. The summed E-state index contributed by atoms with van der Waals surface area (Å²) in [5.41, 5.74) is 6.11. The van der Waals surface area contributed by atoms with Crippen LogP contribution in [0.4, 0.5) is 5.69 Å². The van der Waals surface area contributed by atoms with Gasteiger partial charge in [-0.1, -0.05) is 42.5 Å². The first kappa shape index (κ1) is 23.9. The molecule has 0 fully saturated rings. The zero-order chi connectivity index (χ0) is 23.3. The molecule has 0 unspecified atom stereocenters. The Morgan fingerprint density at radius 2 is 1.72 bits per heavy atom. The molecule has 0 saturated carbocycles. The molecule has 166 valence electrons. The lowest BCUT2D eigenvalue weighted by Gasteiger charge is -2.25. The minimum absolute atomic E-state index is 0.118. The molecule has 0 saturated heterocycles. The van der Waals surface area contributed by atoms with Crippen LogP contribution in [-0.4, -0.2) is 26.6 Å². The first-order valence-electron chi connectivity index (χ1n) is 9.92. The third-order valence-corrected chi connectivity index (χ3v) is 7.29. The van der Waals surface area contributed by atoms with Crippen molar-refractivity contribution in [3.8, 4) is 0 Å². The van der Waals surface area contributed by atoms with Crippen molar-refractivity contribution in [2.45, 2.75) is 25.7 Å². The molecule has 0 bridgehead atoms. The van der Waals surface area contributed by atoms with E-state index in [1.165, 1.54) is 12.1 Å². The Morgan fingerprint density at radius 1 is 1.00 bits per heavy atom. The third-order valence-electron chi connectivity index (χ3n) is 4.84. The number of nitrogens with one attached hydrogen (secondary N) is 1. The zero-order valence-corrected chi connectivity index (χ0v) is 21.0. The fourth-order valence-electron chi connectivity index (χ4n) is 3.10. The maximum atomic E-state index is 13.4. The number of amides is 1. The van der Waals surface area contributed by atoms with Crippen LogP contribution in [0.3, 0.4) is 0 Å². The predicted octanol–water partition coefficient (Wildman–Crippen LogP) is 4.64. The smallest absolute Gasteiger partial charge is 0.264 e. The van der Waals surface area contributed by atoms with Crippen molar-refractivity contribution in [1.29, 1.82) is 0 Å². The second-order valence-electron chi connectivity index (χ2n) is 7.36. The number of hydrogen-bond donors (Lipinski definition) is 1. The number of halogens is 1. The van der Waals surface area contributed by atoms with E-state index in [1.807, 2.05) is 50.2 Å². The van der Waals surface area contributed by atoms with Gasteiger partial charge < -0.3 is 0 Å². The first-order valence-corrected chi connectivity index (χ1v) is 12.4. The Kier molecular flexibility index (Phi) is 7.68. The molecular weight excluding hydrogens is 537 g/mol. The Labute approximate surface area is 202 Å². The van der Waals surface area contributed by atoms with Crippen LogP contribution in [0.2, 0.25) is 0 Å². The van der Waals surface area contributed by atoms with E-state index in [4.69, 9.17) is 0 Å². The summed E-state index contributed by atoms with van der Waals surface area (Å²) in [6.07, 6.45) is 0. The van der Waals surface area contributed by atoms with Crippen molar-refractivity contribution in [3.05, 3.63) is 93.1 Å². The van der Waals surface area contributed by atoms with Crippen LogP contribution in [0, 0.1) is 17.4 Å². The molecule has 32 heavy (non-hydrogen) atoms. The molecule has 3 rings (SSSR count). The largest absolute Gasteiger partial charge is 0.271 e. The summed E-state index contributed by atoms with van der Waals surface area (Å²) in [6, 6.07) is 21.3. The predicted molar refractivity (Wildman–Crippen MR) is 136 cm³/mol. The standard InChI is InChI=1S/C24H24IN3O3S/c1-17-12-13-18(2)23(14-17)28(32(30,31)22-10-5-4-6-11-22)16-24(29)27-26-19(3)20-8-7-9-21(25)15-20/h4-15H,16H2,1-3H3,(H,27,29)/b26-19-. The number of nitrogens with zero attached hydrogens (tertiary/aromatic N) is 2. The van der Waals surface area contributed by atoms with E-state index < -0.39 is 22.5 Å². The third kappa shape index (κ3) is 5.74. The molecule has 1 amide bonds. The number of hydrogen-bond acceptors (Lipinski definition) is 4. The van der Waals surface area contributed by atoms with E-state index in [-0.39, 0.29) is 4.90 Å². The quantitative estimate of drug-likeness (QED) is 0.259. The fraction of sp³-hybridized carbons (Fsp3) is 0.167. The van der Waals surface area contributed by atoms with Crippen molar-refractivity contribution in [2.24, 2.45) is 5.10 Å². The molecule has 1 N–H and O–H groups in total. The number of rotatable bonds is 7. The van der Waals surface area contributed by atoms with Crippen molar-refractivity contribution in [3.63, 3.8) is 0 Å². The summed E-state index contributed by atoms with van der Waals surface area (Å²) in [7, 11) is -3.96. The first-order chi connectivity index (χ1) is 15.2. The highest BCUT2D eigenvalue weighted by molar-refractivity contribution is 14.1. The van der Waals surface area contributed by atoms with Gasteiger partial charge in [0.05, 0.1) is 16.3 Å². The molecule has 8 heteroatoms. The molecule has 0 aliphatic rings. The van der Waals surface area contributed by atoms with Crippen LogP contribution in [-0.2, 0) is 14.8 Å². The SMILES string of the molecule is C/C(=N/NC(=O)CN(c1cc(C)ccc1C)S(=O)(=O)c1ccccc1)c1cccc(I)c1. The lowest BCUT2D eigenvalue weighted by atomic mass is 10.1. The summed E-state index contributed by atoms with van der Waals surface area (Å²) < 4.78 is 29.1. The number of sulfonamides is 1. The van der Waals surface area contributed by atoms with E-state index in [1.54, 1.807) is 31.2 Å². The van der Waals surface area contributed by atoms with Crippen molar-refractivity contribution in [1.82, 2.24) is 5.43 Å². The monoisotopic (exact) mass is 561 g/mol. The molecule has 3 aromatic carbocycles. The molecule has 0 aromatic heterocycles. The molecule has 0 radical (unpaired) electrons. The molecule has 0 spiro atoms. The van der Waals surface area contributed by atoms with Gasteiger partial charge in [-0.25, -0.2) is 13.8 Å². The van der Waals surface area contributed by atoms with Gasteiger partial charge >= 0.3 is 0 Å². The van der Waals surface area contributed by atoms with Gasteiger partial charge in [0, 0.05) is 3.57 Å². The van der Waals surface area contributed by atoms with Crippen LogP contribution in [0.15, 0.2) is 82.8 Å². The Bertz CT molecular complexity index is 1260. The highest BCUT2D eigenvalue weighted by Crippen LogP contribution is 2.27. The normalized spacial score (nSPS) is 11.8. The fourth-order valence-corrected chi connectivity index (χ4v) is 5.14. The molecular formula is C24H24IN3O3S. The van der Waals surface area contributed by atoms with Gasteiger partial charge in [-0.3, -0.25) is 9.10 Å². The van der Waals surface area contributed by atoms with Gasteiger partial charge in [0.1, 0.15) is 6.54 Å². The van der Waals surface area contributed by atoms with Crippen LogP contribution in [0.1, 0.15) is 23.6 Å². The molecule has 3 aromatic rings. The topological polar surface area (TPSA) is 78.8 Å². The van der Waals surface area contributed by atoms with E-state index in [0.29, 0.717) is 11.4 Å². The highest BCUT2D eigenvalue weighted by atomic mass is 127. The van der Waals surface area contributed by atoms with Crippen molar-refractivity contribution in [2.75, 3.05) is 10.8 Å². The number of anilines is 1. The van der Waals surface area contributed by atoms with Gasteiger partial charge in [-0.2, -0.15) is 5.10 Å². The number of carbonyl (C=O) groups is 1. The van der Waals surface area contributed by atoms with E-state index in [9.17, 15) is 13.2 Å². The van der Waals surface area contributed by atoms with Crippen LogP contribution in [0.5, 0.6) is 0 Å². The summed E-state index contributed by atoms with van der Waals surface area (Å²) in [5, 5.41) is 4.17. The number of aryl methyl sites for hydroxylation is 2. The minimum Gasteiger partial charge on any atom is -0.271 e. The second-order valence-corrected chi connectivity index (χ2v) is 10.5. The van der Waals surface area contributed by atoms with Crippen LogP contribution in [0.25, 0.3) is 0 Å². The molecule has 0 heterocycles. The average Bonchev–Trinajstić information content (AvgIpc) is 2.78. The van der Waals surface area contributed by atoms with Gasteiger partial charge in [0.2, 0.25) is 0 Å². The van der Waals surface area contributed by atoms with E-state index in [2.05, 4.69) is 33.1 Å². The lowest BCUT2D eigenvalue weighted by molar-refractivity contribution is -0.119. The maximum Gasteiger partial charge on any atom is 0.264 e. The number of carbonyl (C=O) groups excluding carboxylic acids is 1. The van der Waals surface area contributed by atoms with Crippen molar-refractivity contribution >= 4 is 49.9 Å². The molecule has 0 aliphatic heterocycles. The Hall–Kier alpha value is -2.72. The van der Waals surface area contributed by atoms with E-state index >= 15 is 0 Å². The minimum atomic E-state index is -3.96. The zero-order valence-electron chi connectivity index (χ0n) is 18.0. The van der Waals surface area contributed by atoms with Gasteiger partial charge in [0.15, 0.2) is 0 Å². The summed E-state index contributed by atoms with van der Waals surface area (Å²) >= 11 is 2.21. The highest BCUT2D eigenvalue weighted by Gasteiger charge is 2.28. The number of benzene rings is 3. The molecule has 0 aliphatic carbocycles. The molecule has 0 atom stereocenters. The van der Waals surface area contributed by atoms with Gasteiger partial charge in [-0.15, -0.1) is 0 Å².